The highest BCUT2D eigenvalue weighted by molar-refractivity contribution is 5.93. The zero-order valence-electron chi connectivity index (χ0n) is 11.0. The first-order valence-corrected chi connectivity index (χ1v) is 6.50. The molecule has 1 aliphatic heterocycles. The maximum absolute atomic E-state index is 12.0. The highest BCUT2D eigenvalue weighted by Gasteiger charge is 2.30. The number of hydrogen-bond donors (Lipinski definition) is 0. The molecule has 1 amide bonds. The zero-order chi connectivity index (χ0) is 13.0. The third-order valence-electron chi connectivity index (χ3n) is 3.54. The van der Waals surface area contributed by atoms with Crippen LogP contribution in [0.25, 0.3) is 0 Å². The first-order chi connectivity index (χ1) is 8.72. The van der Waals surface area contributed by atoms with Crippen molar-refractivity contribution < 1.29 is 4.79 Å². The minimum absolute atomic E-state index is 0.0433. The summed E-state index contributed by atoms with van der Waals surface area (Å²) in [5, 5.41) is 0. The minimum Gasteiger partial charge on any atom is -0.325 e. The maximum Gasteiger partial charge on any atom is 0.298 e. The molecule has 2 atom stereocenters. The molecule has 1 heterocycles. The Morgan fingerprint density at radius 3 is 2.72 bits per heavy atom. The molecular formula is C16H19NO. The summed E-state index contributed by atoms with van der Waals surface area (Å²) in [6.45, 7) is 4.78. The van der Waals surface area contributed by atoms with Crippen molar-refractivity contribution in [3.05, 3.63) is 35.9 Å². The van der Waals surface area contributed by atoms with E-state index in [-0.39, 0.29) is 11.9 Å². The van der Waals surface area contributed by atoms with Crippen LogP contribution in [-0.4, -0.2) is 17.4 Å². The maximum atomic E-state index is 12.0. The van der Waals surface area contributed by atoms with Gasteiger partial charge in [-0.25, -0.2) is 0 Å². The summed E-state index contributed by atoms with van der Waals surface area (Å²) in [6, 6.07) is 10.5. The second-order valence-corrected chi connectivity index (χ2v) is 4.93. The van der Waals surface area contributed by atoms with E-state index in [9.17, 15) is 4.79 Å². The lowest BCUT2D eigenvalue weighted by Crippen LogP contribution is -2.40. The molecule has 2 heteroatoms. The van der Waals surface area contributed by atoms with Crippen molar-refractivity contribution in [3.63, 3.8) is 0 Å². The quantitative estimate of drug-likeness (QED) is 0.692. The lowest BCUT2D eigenvalue weighted by Gasteiger charge is -2.37. The van der Waals surface area contributed by atoms with Gasteiger partial charge in [0.25, 0.3) is 5.91 Å². The Kier molecular flexibility index (Phi) is 4.04. The lowest BCUT2D eigenvalue weighted by molar-refractivity contribution is -0.129. The van der Waals surface area contributed by atoms with E-state index in [0.29, 0.717) is 5.92 Å². The van der Waals surface area contributed by atoms with Crippen molar-refractivity contribution >= 4 is 5.91 Å². The molecule has 0 radical (unpaired) electrons. The molecule has 0 bridgehead atoms. The number of hydrogen-bond acceptors (Lipinski definition) is 1. The van der Waals surface area contributed by atoms with Crippen molar-refractivity contribution in [2.45, 2.75) is 32.7 Å². The van der Waals surface area contributed by atoms with Gasteiger partial charge in [0, 0.05) is 6.54 Å². The summed E-state index contributed by atoms with van der Waals surface area (Å²) in [6.07, 6.45) is 2.10. The van der Waals surface area contributed by atoms with Gasteiger partial charge >= 0.3 is 0 Å². The number of nitrogens with zero attached hydrogens (tertiary/aromatic N) is 1. The van der Waals surface area contributed by atoms with Crippen LogP contribution in [0.4, 0.5) is 0 Å². The van der Waals surface area contributed by atoms with Gasteiger partial charge in [0.15, 0.2) is 0 Å². The average molecular weight is 241 g/mol. The molecule has 0 N–H and O–H groups in total. The van der Waals surface area contributed by atoms with E-state index in [1.165, 1.54) is 5.56 Å². The SMILES string of the molecule is CC#CC(=O)N1CC[C@@H](C)C[C@H]1c1ccccc1. The second-order valence-electron chi connectivity index (χ2n) is 4.93. The normalized spacial score (nSPS) is 23.1. The molecule has 1 fully saturated rings. The predicted octanol–water partition coefficient (Wildman–Crippen LogP) is 3.01. The fraction of sp³-hybridized carbons (Fsp3) is 0.438. The topological polar surface area (TPSA) is 20.3 Å². The Morgan fingerprint density at radius 1 is 1.33 bits per heavy atom. The molecule has 0 unspecified atom stereocenters. The van der Waals surface area contributed by atoms with Gasteiger partial charge < -0.3 is 4.90 Å². The molecule has 1 aromatic carbocycles. The van der Waals surface area contributed by atoms with Gasteiger partial charge in [-0.15, -0.1) is 0 Å². The molecule has 0 aromatic heterocycles. The number of carbonyl (C=O) groups is 1. The van der Waals surface area contributed by atoms with Crippen LogP contribution in [0.5, 0.6) is 0 Å². The smallest absolute Gasteiger partial charge is 0.298 e. The molecule has 0 spiro atoms. The number of benzene rings is 1. The summed E-state index contributed by atoms with van der Waals surface area (Å²) in [5.74, 6) is 5.99. The number of carbonyl (C=O) groups excluding carboxylic acids is 1. The summed E-state index contributed by atoms with van der Waals surface area (Å²) in [5.41, 5.74) is 1.22. The number of piperidine rings is 1. The fourth-order valence-electron chi connectivity index (χ4n) is 2.55. The van der Waals surface area contributed by atoms with E-state index < -0.39 is 0 Å². The highest BCUT2D eigenvalue weighted by atomic mass is 16.2. The Hall–Kier alpha value is -1.75. The monoisotopic (exact) mass is 241 g/mol. The van der Waals surface area contributed by atoms with Crippen LogP contribution in [-0.2, 0) is 4.79 Å². The lowest BCUT2D eigenvalue weighted by atomic mass is 9.88. The Bertz CT molecular complexity index is 469. The predicted molar refractivity (Wildman–Crippen MR) is 72.7 cm³/mol. The summed E-state index contributed by atoms with van der Waals surface area (Å²) >= 11 is 0. The van der Waals surface area contributed by atoms with Gasteiger partial charge in [-0.05, 0) is 37.2 Å². The number of likely N-dealkylation sites (tertiary alicyclic amines) is 1. The Balaban J connectivity index is 2.26. The van der Waals surface area contributed by atoms with Gasteiger partial charge in [-0.1, -0.05) is 43.2 Å². The zero-order valence-corrected chi connectivity index (χ0v) is 11.0. The van der Waals surface area contributed by atoms with Crippen molar-refractivity contribution in [1.82, 2.24) is 4.90 Å². The third-order valence-corrected chi connectivity index (χ3v) is 3.54. The van der Waals surface area contributed by atoms with E-state index in [4.69, 9.17) is 0 Å². The number of rotatable bonds is 1. The van der Waals surface area contributed by atoms with Gasteiger partial charge in [0.05, 0.1) is 6.04 Å². The van der Waals surface area contributed by atoms with Gasteiger partial charge in [0.2, 0.25) is 0 Å². The fourth-order valence-corrected chi connectivity index (χ4v) is 2.55. The molecule has 1 aliphatic rings. The number of amides is 1. The molecular weight excluding hydrogens is 222 g/mol. The van der Waals surface area contributed by atoms with Gasteiger partial charge in [-0.2, -0.15) is 0 Å². The minimum atomic E-state index is -0.0433. The van der Waals surface area contributed by atoms with Crippen LogP contribution in [0.2, 0.25) is 0 Å². The summed E-state index contributed by atoms with van der Waals surface area (Å²) in [7, 11) is 0. The van der Waals surface area contributed by atoms with Crippen LogP contribution < -0.4 is 0 Å². The van der Waals surface area contributed by atoms with Gasteiger partial charge in [0.1, 0.15) is 0 Å². The van der Waals surface area contributed by atoms with Crippen molar-refractivity contribution in [3.8, 4) is 11.8 Å². The molecule has 2 nitrogen and oxygen atoms in total. The van der Waals surface area contributed by atoms with E-state index in [2.05, 4.69) is 30.9 Å². The average Bonchev–Trinajstić information content (AvgIpc) is 2.40. The second kappa shape index (κ2) is 5.73. The Labute approximate surface area is 109 Å². The summed E-state index contributed by atoms with van der Waals surface area (Å²) < 4.78 is 0. The van der Waals surface area contributed by atoms with E-state index in [1.54, 1.807) is 6.92 Å². The molecule has 1 saturated heterocycles. The molecule has 2 rings (SSSR count). The summed E-state index contributed by atoms with van der Waals surface area (Å²) in [4.78, 5) is 14.0. The van der Waals surface area contributed by atoms with Crippen LogP contribution in [0.15, 0.2) is 30.3 Å². The standard InChI is InChI=1S/C16H19NO/c1-3-7-16(18)17-11-10-13(2)12-15(17)14-8-5-4-6-9-14/h4-6,8-9,13,15H,10-12H2,1-2H3/t13-,15+/m1/s1. The van der Waals surface area contributed by atoms with Crippen LogP contribution in [0.3, 0.4) is 0 Å². The molecule has 0 saturated carbocycles. The van der Waals surface area contributed by atoms with Crippen molar-refractivity contribution in [1.29, 1.82) is 0 Å². The van der Waals surface area contributed by atoms with Crippen molar-refractivity contribution in [2.24, 2.45) is 5.92 Å². The first-order valence-electron chi connectivity index (χ1n) is 6.50. The third kappa shape index (κ3) is 2.73. The molecule has 94 valence electrons. The van der Waals surface area contributed by atoms with E-state index in [0.717, 1.165) is 19.4 Å². The van der Waals surface area contributed by atoms with Gasteiger partial charge in [-0.3, -0.25) is 4.79 Å². The Morgan fingerprint density at radius 2 is 2.06 bits per heavy atom. The highest BCUT2D eigenvalue weighted by Crippen LogP contribution is 2.33. The first kappa shape index (κ1) is 12.7. The molecule has 1 aromatic rings. The van der Waals surface area contributed by atoms with E-state index in [1.807, 2.05) is 23.1 Å². The van der Waals surface area contributed by atoms with Crippen LogP contribution >= 0.6 is 0 Å². The van der Waals surface area contributed by atoms with Crippen molar-refractivity contribution in [2.75, 3.05) is 6.54 Å². The molecule has 0 aliphatic carbocycles. The van der Waals surface area contributed by atoms with Crippen LogP contribution in [0.1, 0.15) is 38.3 Å². The van der Waals surface area contributed by atoms with Crippen LogP contribution in [0, 0.1) is 17.8 Å². The van der Waals surface area contributed by atoms with E-state index >= 15 is 0 Å². The molecule has 18 heavy (non-hydrogen) atoms. The largest absolute Gasteiger partial charge is 0.325 e.